The molecule has 0 unspecified atom stereocenters. The normalized spacial score (nSPS) is 21.2. The zero-order valence-electron chi connectivity index (χ0n) is 14.4. The van der Waals surface area contributed by atoms with Gasteiger partial charge in [-0.05, 0) is 18.9 Å². The molecule has 25 heavy (non-hydrogen) atoms. The summed E-state index contributed by atoms with van der Waals surface area (Å²) in [6, 6.07) is 7.33. The second kappa shape index (κ2) is 7.84. The SMILES string of the molecule is COc1ccccc1CNC(=O)C(=O)NC[C@@H]1COC2(CCCC2)O1. The number of hydrogen-bond acceptors (Lipinski definition) is 5. The molecule has 0 aromatic heterocycles. The van der Waals surface area contributed by atoms with Crippen molar-refractivity contribution in [1.82, 2.24) is 10.6 Å². The summed E-state index contributed by atoms with van der Waals surface area (Å²) in [6.45, 7) is 0.939. The minimum Gasteiger partial charge on any atom is -0.496 e. The number of amides is 2. The van der Waals surface area contributed by atoms with E-state index >= 15 is 0 Å². The molecule has 0 bridgehead atoms. The fraction of sp³-hybridized carbons (Fsp3) is 0.556. The van der Waals surface area contributed by atoms with Crippen LogP contribution in [0.4, 0.5) is 0 Å². The predicted octanol–water partition coefficient (Wildman–Crippen LogP) is 1.11. The number of para-hydroxylation sites is 1. The van der Waals surface area contributed by atoms with Gasteiger partial charge in [0.2, 0.25) is 0 Å². The average Bonchev–Trinajstić information content (AvgIpc) is 3.27. The topological polar surface area (TPSA) is 85.9 Å². The van der Waals surface area contributed by atoms with E-state index in [1.807, 2.05) is 18.2 Å². The lowest BCUT2D eigenvalue weighted by Gasteiger charge is -2.21. The van der Waals surface area contributed by atoms with Crippen molar-refractivity contribution in [2.75, 3.05) is 20.3 Å². The fourth-order valence-electron chi connectivity index (χ4n) is 3.28. The summed E-state index contributed by atoms with van der Waals surface area (Å²) in [4.78, 5) is 23.9. The van der Waals surface area contributed by atoms with Gasteiger partial charge in [-0.2, -0.15) is 0 Å². The molecular weight excluding hydrogens is 324 g/mol. The first-order chi connectivity index (χ1) is 12.1. The van der Waals surface area contributed by atoms with Gasteiger partial charge >= 0.3 is 11.8 Å². The van der Waals surface area contributed by atoms with Gasteiger partial charge in [-0.15, -0.1) is 0 Å². The smallest absolute Gasteiger partial charge is 0.309 e. The lowest BCUT2D eigenvalue weighted by Crippen LogP contribution is -2.43. The van der Waals surface area contributed by atoms with Crippen molar-refractivity contribution >= 4 is 11.8 Å². The molecule has 1 aliphatic heterocycles. The Balaban J connectivity index is 1.41. The van der Waals surface area contributed by atoms with Gasteiger partial charge in [0, 0.05) is 31.5 Å². The van der Waals surface area contributed by atoms with Crippen LogP contribution in [0.1, 0.15) is 31.2 Å². The Bertz CT molecular complexity index is 628. The second-order valence-corrected chi connectivity index (χ2v) is 6.37. The van der Waals surface area contributed by atoms with E-state index in [1.165, 1.54) is 0 Å². The van der Waals surface area contributed by atoms with E-state index in [0.717, 1.165) is 31.2 Å². The number of ether oxygens (including phenoxy) is 3. The summed E-state index contributed by atoms with van der Waals surface area (Å²) < 4.78 is 16.9. The minimum atomic E-state index is -0.680. The third kappa shape index (κ3) is 4.29. The predicted molar refractivity (Wildman–Crippen MR) is 89.9 cm³/mol. The summed E-state index contributed by atoms with van der Waals surface area (Å²) in [7, 11) is 1.56. The molecule has 1 heterocycles. The number of rotatable bonds is 5. The highest BCUT2D eigenvalue weighted by Crippen LogP contribution is 2.38. The van der Waals surface area contributed by atoms with Crippen molar-refractivity contribution in [2.45, 2.75) is 44.1 Å². The Morgan fingerprint density at radius 3 is 2.68 bits per heavy atom. The van der Waals surface area contributed by atoms with Gasteiger partial charge in [-0.1, -0.05) is 18.2 Å². The maximum absolute atomic E-state index is 11.9. The molecule has 2 aliphatic rings. The summed E-state index contributed by atoms with van der Waals surface area (Å²) in [6.07, 6.45) is 3.80. The fourth-order valence-corrected chi connectivity index (χ4v) is 3.28. The van der Waals surface area contributed by atoms with Gasteiger partial charge in [0.1, 0.15) is 11.9 Å². The number of carbonyl (C=O) groups is 2. The van der Waals surface area contributed by atoms with Crippen LogP contribution in [-0.2, 0) is 25.6 Å². The molecule has 7 heteroatoms. The molecule has 0 radical (unpaired) electrons. The molecule has 1 saturated heterocycles. The highest BCUT2D eigenvalue weighted by Gasteiger charge is 2.43. The van der Waals surface area contributed by atoms with Gasteiger partial charge in [0.15, 0.2) is 5.79 Å². The zero-order valence-corrected chi connectivity index (χ0v) is 14.4. The van der Waals surface area contributed by atoms with Gasteiger partial charge in [0.05, 0.1) is 13.7 Å². The number of nitrogens with one attached hydrogen (secondary N) is 2. The Kier molecular flexibility index (Phi) is 5.55. The van der Waals surface area contributed by atoms with Crippen molar-refractivity contribution < 1.29 is 23.8 Å². The molecule has 1 saturated carbocycles. The Morgan fingerprint density at radius 2 is 1.92 bits per heavy atom. The molecule has 1 aliphatic carbocycles. The molecular formula is C18H24N2O5. The molecule has 1 atom stereocenters. The Morgan fingerprint density at radius 1 is 1.20 bits per heavy atom. The van der Waals surface area contributed by atoms with Crippen LogP contribution < -0.4 is 15.4 Å². The van der Waals surface area contributed by atoms with Crippen LogP contribution in [0.5, 0.6) is 5.75 Å². The lowest BCUT2D eigenvalue weighted by molar-refractivity contribution is -0.161. The van der Waals surface area contributed by atoms with Crippen LogP contribution in [0.15, 0.2) is 24.3 Å². The molecule has 3 rings (SSSR count). The van der Waals surface area contributed by atoms with Crippen LogP contribution in [0.2, 0.25) is 0 Å². The standard InChI is InChI=1S/C18H24N2O5/c1-23-15-7-3-2-6-13(15)10-19-16(21)17(22)20-11-14-12-24-18(25-14)8-4-5-9-18/h2-3,6-7,14H,4-5,8-12H2,1H3,(H,19,21)(H,20,22)/t14-/m1/s1. The molecule has 136 valence electrons. The largest absolute Gasteiger partial charge is 0.496 e. The number of methoxy groups -OCH3 is 1. The first-order valence-electron chi connectivity index (χ1n) is 8.61. The maximum atomic E-state index is 11.9. The van der Waals surface area contributed by atoms with Gasteiger partial charge in [0.25, 0.3) is 0 Å². The molecule has 2 N–H and O–H groups in total. The molecule has 1 aromatic rings. The molecule has 7 nitrogen and oxygen atoms in total. The van der Waals surface area contributed by atoms with Gasteiger partial charge in [-0.3, -0.25) is 9.59 Å². The second-order valence-electron chi connectivity index (χ2n) is 6.37. The number of hydrogen-bond donors (Lipinski definition) is 2. The average molecular weight is 348 g/mol. The summed E-state index contributed by atoms with van der Waals surface area (Å²) in [5, 5.41) is 5.20. The van der Waals surface area contributed by atoms with Crippen LogP contribution in [-0.4, -0.2) is 44.0 Å². The number of benzene rings is 1. The van der Waals surface area contributed by atoms with E-state index < -0.39 is 17.6 Å². The molecule has 1 spiro atoms. The molecule has 2 fully saturated rings. The number of carbonyl (C=O) groups excluding carboxylic acids is 2. The summed E-state index contributed by atoms with van der Waals surface area (Å²) in [5.74, 6) is -1.14. The third-order valence-corrected chi connectivity index (χ3v) is 4.61. The van der Waals surface area contributed by atoms with Crippen molar-refractivity contribution in [3.05, 3.63) is 29.8 Å². The third-order valence-electron chi connectivity index (χ3n) is 4.61. The lowest BCUT2D eigenvalue weighted by atomic mass is 10.2. The highest BCUT2D eigenvalue weighted by atomic mass is 16.7. The monoisotopic (exact) mass is 348 g/mol. The summed E-state index contributed by atoms with van der Waals surface area (Å²) in [5.41, 5.74) is 0.807. The van der Waals surface area contributed by atoms with E-state index in [9.17, 15) is 9.59 Å². The van der Waals surface area contributed by atoms with Crippen LogP contribution in [0.3, 0.4) is 0 Å². The van der Waals surface area contributed by atoms with E-state index in [4.69, 9.17) is 14.2 Å². The van der Waals surface area contributed by atoms with Crippen molar-refractivity contribution in [2.24, 2.45) is 0 Å². The van der Waals surface area contributed by atoms with Gasteiger partial charge < -0.3 is 24.8 Å². The molecule has 2 amide bonds. The van der Waals surface area contributed by atoms with Crippen molar-refractivity contribution in [1.29, 1.82) is 0 Å². The van der Waals surface area contributed by atoms with Crippen LogP contribution >= 0.6 is 0 Å². The van der Waals surface area contributed by atoms with E-state index in [-0.39, 0.29) is 19.2 Å². The molecule has 1 aromatic carbocycles. The first-order valence-corrected chi connectivity index (χ1v) is 8.61. The van der Waals surface area contributed by atoms with E-state index in [1.54, 1.807) is 13.2 Å². The maximum Gasteiger partial charge on any atom is 0.309 e. The van der Waals surface area contributed by atoms with Crippen molar-refractivity contribution in [3.8, 4) is 5.75 Å². The summed E-state index contributed by atoms with van der Waals surface area (Å²) >= 11 is 0. The quantitative estimate of drug-likeness (QED) is 0.779. The van der Waals surface area contributed by atoms with Crippen LogP contribution in [0.25, 0.3) is 0 Å². The highest BCUT2D eigenvalue weighted by molar-refractivity contribution is 6.35. The van der Waals surface area contributed by atoms with E-state index in [2.05, 4.69) is 10.6 Å². The van der Waals surface area contributed by atoms with E-state index in [0.29, 0.717) is 12.4 Å². The first kappa shape index (κ1) is 17.7. The van der Waals surface area contributed by atoms with Gasteiger partial charge in [-0.25, -0.2) is 0 Å². The van der Waals surface area contributed by atoms with Crippen LogP contribution in [0, 0.1) is 0 Å². The Hall–Kier alpha value is -2.12. The Labute approximate surface area is 147 Å². The minimum absolute atomic E-state index is 0.205. The van der Waals surface area contributed by atoms with Crippen molar-refractivity contribution in [3.63, 3.8) is 0 Å². The zero-order chi connectivity index (χ0) is 17.7.